The van der Waals surface area contributed by atoms with Gasteiger partial charge in [0, 0.05) is 12.8 Å². The Labute approximate surface area is 300 Å². The molecule has 0 radical (unpaired) electrons. The molecule has 0 aromatic heterocycles. The molecule has 0 fully saturated rings. The van der Waals surface area contributed by atoms with Gasteiger partial charge >= 0.3 is 19.8 Å². The number of allylic oxidation sites excluding steroid dienone is 8. The number of carbonyl (C=O) groups excluding carboxylic acids is 2. The predicted molar refractivity (Wildman–Crippen MR) is 203 cm³/mol. The number of rotatable bonds is 36. The smallest absolute Gasteiger partial charge is 0.462 e. The lowest BCUT2D eigenvalue weighted by Gasteiger charge is -2.16. The second-order valence-corrected chi connectivity index (χ2v) is 13.7. The molecule has 282 valence electrons. The Hall–Kier alpha value is -2.24. The summed E-state index contributed by atoms with van der Waals surface area (Å²) in [6, 6.07) is 0. The van der Waals surface area contributed by atoms with Gasteiger partial charge in [-0.05, 0) is 51.4 Å². The number of ether oxygens (including phenoxy) is 2. The molecule has 0 aromatic carbocycles. The SMILES string of the molecule is CCCCCC=CCC=CCC=CCC=CCCCC(=O)OC(COC(=O)CCCCCCCCCCCCCCCCC)COP(=O)=O. The molecule has 0 rings (SSSR count). The van der Waals surface area contributed by atoms with Gasteiger partial charge in [-0.3, -0.25) is 14.1 Å². The van der Waals surface area contributed by atoms with E-state index >= 15 is 0 Å². The van der Waals surface area contributed by atoms with Crippen molar-refractivity contribution in [3.8, 4) is 0 Å². The van der Waals surface area contributed by atoms with Crippen molar-refractivity contribution in [1.29, 1.82) is 0 Å². The van der Waals surface area contributed by atoms with Crippen LogP contribution in [0.3, 0.4) is 0 Å². The molecule has 0 aliphatic carbocycles. The normalized spacial score (nSPS) is 12.5. The van der Waals surface area contributed by atoms with Gasteiger partial charge in [-0.1, -0.05) is 165 Å². The van der Waals surface area contributed by atoms with Crippen molar-refractivity contribution < 1.29 is 32.7 Å². The molecule has 1 atom stereocenters. The fourth-order valence-electron chi connectivity index (χ4n) is 5.33. The third-order valence-corrected chi connectivity index (χ3v) is 8.65. The van der Waals surface area contributed by atoms with Gasteiger partial charge in [0.1, 0.15) is 13.2 Å². The largest absolute Gasteiger partial charge is 0.468 e. The van der Waals surface area contributed by atoms with Crippen molar-refractivity contribution >= 4 is 19.8 Å². The lowest BCUT2D eigenvalue weighted by atomic mass is 10.0. The Morgan fingerprint density at radius 3 is 1.39 bits per heavy atom. The number of carbonyl (C=O) groups is 2. The molecule has 0 aliphatic heterocycles. The van der Waals surface area contributed by atoms with Crippen LogP contribution in [0.5, 0.6) is 0 Å². The molecule has 0 aromatic rings. The van der Waals surface area contributed by atoms with E-state index in [1.165, 1.54) is 103 Å². The summed E-state index contributed by atoms with van der Waals surface area (Å²) in [6.07, 6.45) is 44.7. The zero-order valence-corrected chi connectivity index (χ0v) is 32.2. The number of esters is 2. The maximum absolute atomic E-state index is 12.3. The van der Waals surface area contributed by atoms with Crippen LogP contribution >= 0.6 is 7.91 Å². The lowest BCUT2D eigenvalue weighted by Crippen LogP contribution is -2.28. The molecule has 0 amide bonds. The van der Waals surface area contributed by atoms with Crippen molar-refractivity contribution in [3.63, 3.8) is 0 Å². The van der Waals surface area contributed by atoms with E-state index in [0.717, 1.165) is 44.9 Å². The monoisotopic (exact) mass is 706 g/mol. The molecule has 49 heavy (non-hydrogen) atoms. The number of hydrogen-bond acceptors (Lipinski definition) is 7. The average Bonchev–Trinajstić information content (AvgIpc) is 3.09. The van der Waals surface area contributed by atoms with Crippen LogP contribution in [-0.2, 0) is 32.7 Å². The summed E-state index contributed by atoms with van der Waals surface area (Å²) in [4.78, 5) is 24.5. The maximum Gasteiger partial charge on any atom is 0.468 e. The highest BCUT2D eigenvalue weighted by Crippen LogP contribution is 2.15. The first-order valence-electron chi connectivity index (χ1n) is 19.7. The van der Waals surface area contributed by atoms with Gasteiger partial charge in [0.15, 0.2) is 6.10 Å². The highest BCUT2D eigenvalue weighted by atomic mass is 31.1. The molecule has 0 aliphatic rings. The number of hydrogen-bond donors (Lipinski definition) is 0. The van der Waals surface area contributed by atoms with Crippen LogP contribution in [0.2, 0.25) is 0 Å². The summed E-state index contributed by atoms with van der Waals surface area (Å²) in [6.45, 7) is 3.89. The molecule has 7 nitrogen and oxygen atoms in total. The molecule has 0 saturated carbocycles. The standard InChI is InChI=1S/C41H71O7P/c1-3-5-7-9-11-13-15-17-19-20-22-24-26-28-30-32-34-36-41(43)48-39(38-47-49(44)45)37-46-40(42)35-33-31-29-27-25-23-21-18-16-14-12-10-8-6-4-2/h11,13,17,19,22,24,28,30,39H,3-10,12,14-16,18,20-21,23,25-27,29,31-38H2,1-2H3. The minimum atomic E-state index is -3.09. The van der Waals surface area contributed by atoms with Crippen LogP contribution in [0, 0.1) is 0 Å². The summed E-state index contributed by atoms with van der Waals surface area (Å²) < 4.78 is 37.0. The lowest BCUT2D eigenvalue weighted by molar-refractivity contribution is -0.161. The topological polar surface area (TPSA) is 96.0 Å². The summed E-state index contributed by atoms with van der Waals surface area (Å²) >= 11 is 0. The Balaban J connectivity index is 3.95. The third kappa shape index (κ3) is 38.4. The van der Waals surface area contributed by atoms with Crippen molar-refractivity contribution in [3.05, 3.63) is 48.6 Å². The van der Waals surface area contributed by atoms with E-state index in [4.69, 9.17) is 9.47 Å². The van der Waals surface area contributed by atoms with Crippen LogP contribution in [0.15, 0.2) is 48.6 Å². The first kappa shape index (κ1) is 46.8. The van der Waals surface area contributed by atoms with Gasteiger partial charge < -0.3 is 9.47 Å². The molecule has 1 unspecified atom stereocenters. The third-order valence-electron chi connectivity index (χ3n) is 8.29. The minimum Gasteiger partial charge on any atom is -0.462 e. The molecule has 0 N–H and O–H groups in total. The molecule has 0 saturated heterocycles. The van der Waals surface area contributed by atoms with Crippen molar-refractivity contribution in [2.75, 3.05) is 13.2 Å². The highest BCUT2D eigenvalue weighted by Gasteiger charge is 2.18. The van der Waals surface area contributed by atoms with Gasteiger partial charge in [0.2, 0.25) is 0 Å². The van der Waals surface area contributed by atoms with Crippen LogP contribution in [0.25, 0.3) is 0 Å². The Morgan fingerprint density at radius 1 is 0.490 bits per heavy atom. The summed E-state index contributed by atoms with van der Waals surface area (Å²) in [5.41, 5.74) is 0. The fraction of sp³-hybridized carbons (Fsp3) is 0.756. The summed E-state index contributed by atoms with van der Waals surface area (Å²) in [7, 11) is -3.09. The van der Waals surface area contributed by atoms with Crippen molar-refractivity contribution in [1.82, 2.24) is 0 Å². The van der Waals surface area contributed by atoms with Crippen molar-refractivity contribution in [2.45, 2.75) is 187 Å². The van der Waals surface area contributed by atoms with E-state index < -0.39 is 20.0 Å². The zero-order chi connectivity index (χ0) is 35.9. The van der Waals surface area contributed by atoms with Gasteiger partial charge in [-0.15, -0.1) is 0 Å². The second kappa shape index (κ2) is 38.6. The highest BCUT2D eigenvalue weighted by molar-refractivity contribution is 7.24. The molecule has 0 heterocycles. The fourth-order valence-corrected chi connectivity index (χ4v) is 5.62. The van der Waals surface area contributed by atoms with Gasteiger partial charge in [-0.2, -0.15) is 0 Å². The Morgan fingerprint density at radius 2 is 0.898 bits per heavy atom. The first-order chi connectivity index (χ1) is 24.0. The van der Waals surface area contributed by atoms with Gasteiger partial charge in [-0.25, -0.2) is 9.13 Å². The summed E-state index contributed by atoms with van der Waals surface area (Å²) in [5.74, 6) is -0.841. The average molecular weight is 707 g/mol. The van der Waals surface area contributed by atoms with E-state index in [0.29, 0.717) is 12.8 Å². The minimum absolute atomic E-state index is 0.186. The Kier molecular flexibility index (Phi) is 36.8. The van der Waals surface area contributed by atoms with E-state index in [-0.39, 0.29) is 25.6 Å². The van der Waals surface area contributed by atoms with Crippen LogP contribution in [0.4, 0.5) is 0 Å². The van der Waals surface area contributed by atoms with Crippen molar-refractivity contribution in [2.24, 2.45) is 0 Å². The van der Waals surface area contributed by atoms with Crippen LogP contribution in [0.1, 0.15) is 181 Å². The molecule has 8 heteroatoms. The van der Waals surface area contributed by atoms with E-state index in [1.54, 1.807) is 0 Å². The van der Waals surface area contributed by atoms with Gasteiger partial charge in [0.05, 0.1) is 0 Å². The van der Waals surface area contributed by atoms with E-state index in [2.05, 4.69) is 60.9 Å². The first-order valence-corrected chi connectivity index (χ1v) is 20.8. The second-order valence-electron chi connectivity index (χ2n) is 13.0. The van der Waals surface area contributed by atoms with E-state index in [9.17, 15) is 18.7 Å². The zero-order valence-electron chi connectivity index (χ0n) is 31.3. The summed E-state index contributed by atoms with van der Waals surface area (Å²) in [5, 5.41) is 0. The van der Waals surface area contributed by atoms with Crippen LogP contribution < -0.4 is 0 Å². The predicted octanol–water partition coefficient (Wildman–Crippen LogP) is 13.0. The molecular weight excluding hydrogens is 635 g/mol. The number of unbranched alkanes of at least 4 members (excludes halogenated alkanes) is 18. The Bertz CT molecular complexity index is 943. The van der Waals surface area contributed by atoms with Crippen LogP contribution in [-0.4, -0.2) is 31.3 Å². The quantitative estimate of drug-likeness (QED) is 0.0277. The molecular formula is C41H71O7P. The van der Waals surface area contributed by atoms with Gasteiger partial charge in [0.25, 0.3) is 0 Å². The maximum atomic E-state index is 12.3. The molecule has 0 bridgehead atoms. The molecule has 0 spiro atoms. The van der Waals surface area contributed by atoms with E-state index in [1.807, 2.05) is 6.08 Å².